The standard InChI is InChI=1S/C11H13NO2.ClH/c13-9-5-2-1-4-8(9)11-10(14)6-3-7-12-11;/h1-2,4-5,11-13H,3,6-7H2;1H. The highest BCUT2D eigenvalue weighted by Crippen LogP contribution is 2.27. The summed E-state index contributed by atoms with van der Waals surface area (Å²) in [6.45, 7) is 0.838. The van der Waals surface area contributed by atoms with E-state index in [1.165, 1.54) is 0 Å². The van der Waals surface area contributed by atoms with Crippen LogP contribution < -0.4 is 5.32 Å². The van der Waals surface area contributed by atoms with Gasteiger partial charge in [0.1, 0.15) is 5.75 Å². The number of para-hydroxylation sites is 1. The van der Waals surface area contributed by atoms with Crippen molar-refractivity contribution in [3.63, 3.8) is 0 Å². The molecule has 3 nitrogen and oxygen atoms in total. The summed E-state index contributed by atoms with van der Waals surface area (Å²) in [6, 6.07) is 6.67. The number of phenolic OH excluding ortho intramolecular Hbond substituents is 1. The van der Waals surface area contributed by atoms with Crippen LogP contribution in [-0.4, -0.2) is 17.4 Å². The Labute approximate surface area is 94.9 Å². The molecule has 82 valence electrons. The first-order valence-corrected chi connectivity index (χ1v) is 4.83. The Morgan fingerprint density at radius 1 is 1.33 bits per heavy atom. The molecule has 1 heterocycles. The van der Waals surface area contributed by atoms with Crippen LogP contribution in [0.3, 0.4) is 0 Å². The molecule has 1 aliphatic rings. The molecule has 2 N–H and O–H groups in total. The highest BCUT2D eigenvalue weighted by molar-refractivity contribution is 5.86. The number of carbonyl (C=O) groups is 1. The number of halogens is 1. The summed E-state index contributed by atoms with van der Waals surface area (Å²) < 4.78 is 0. The van der Waals surface area contributed by atoms with E-state index in [0.717, 1.165) is 13.0 Å². The summed E-state index contributed by atoms with van der Waals surface area (Å²) in [7, 11) is 0. The zero-order valence-corrected chi connectivity index (χ0v) is 9.09. The summed E-state index contributed by atoms with van der Waals surface area (Å²) in [5.41, 5.74) is 0.692. The molecule has 1 fully saturated rings. The smallest absolute Gasteiger partial charge is 0.154 e. The molecule has 0 aliphatic carbocycles. The second-order valence-corrected chi connectivity index (χ2v) is 3.52. The Balaban J connectivity index is 0.00000112. The van der Waals surface area contributed by atoms with Gasteiger partial charge in [0.2, 0.25) is 0 Å². The van der Waals surface area contributed by atoms with E-state index in [2.05, 4.69) is 5.32 Å². The molecule has 0 spiro atoms. The number of carbonyl (C=O) groups excluding carboxylic acids is 1. The molecule has 15 heavy (non-hydrogen) atoms. The average molecular weight is 228 g/mol. The maximum atomic E-state index is 11.6. The van der Waals surface area contributed by atoms with Crippen molar-refractivity contribution in [2.24, 2.45) is 0 Å². The third kappa shape index (κ3) is 2.49. The lowest BCUT2D eigenvalue weighted by Gasteiger charge is -2.23. The largest absolute Gasteiger partial charge is 0.508 e. The molecule has 1 unspecified atom stereocenters. The van der Waals surface area contributed by atoms with Crippen molar-refractivity contribution >= 4 is 18.2 Å². The Bertz CT molecular complexity index is 354. The second-order valence-electron chi connectivity index (χ2n) is 3.52. The molecule has 1 aromatic rings. The van der Waals surface area contributed by atoms with Gasteiger partial charge in [-0.15, -0.1) is 12.4 Å². The van der Waals surface area contributed by atoms with Crippen molar-refractivity contribution in [1.29, 1.82) is 0 Å². The monoisotopic (exact) mass is 227 g/mol. The lowest BCUT2D eigenvalue weighted by molar-refractivity contribution is -0.122. The number of phenols is 1. The number of rotatable bonds is 1. The molecule has 0 bridgehead atoms. The van der Waals surface area contributed by atoms with Crippen molar-refractivity contribution < 1.29 is 9.90 Å². The molecule has 0 amide bonds. The van der Waals surface area contributed by atoms with Crippen molar-refractivity contribution in [2.45, 2.75) is 18.9 Å². The first-order valence-electron chi connectivity index (χ1n) is 4.83. The summed E-state index contributed by atoms with van der Waals surface area (Å²) in [6.07, 6.45) is 1.49. The van der Waals surface area contributed by atoms with Gasteiger partial charge in [0.25, 0.3) is 0 Å². The Hall–Kier alpha value is -1.06. The van der Waals surface area contributed by atoms with Gasteiger partial charge in [0.15, 0.2) is 5.78 Å². The number of benzene rings is 1. The normalized spacial score (nSPS) is 20.8. The number of Topliss-reactive ketones (excluding diaryl/α,β-unsaturated/α-hetero) is 1. The SMILES string of the molecule is Cl.O=C1CCCNC1c1ccccc1O. The molecule has 1 aromatic carbocycles. The third-order valence-corrected chi connectivity index (χ3v) is 2.52. The summed E-state index contributed by atoms with van der Waals surface area (Å²) in [4.78, 5) is 11.6. The highest BCUT2D eigenvalue weighted by atomic mass is 35.5. The maximum Gasteiger partial charge on any atom is 0.154 e. The molecular weight excluding hydrogens is 214 g/mol. The van der Waals surface area contributed by atoms with Gasteiger partial charge in [-0.25, -0.2) is 0 Å². The predicted octanol–water partition coefficient (Wildman–Crippen LogP) is 1.81. The van der Waals surface area contributed by atoms with Gasteiger partial charge in [0.05, 0.1) is 6.04 Å². The Morgan fingerprint density at radius 3 is 2.73 bits per heavy atom. The van der Waals surface area contributed by atoms with Crippen molar-refractivity contribution in [3.05, 3.63) is 29.8 Å². The quantitative estimate of drug-likeness (QED) is 0.769. The summed E-state index contributed by atoms with van der Waals surface area (Å²) in [5, 5.41) is 12.7. The molecule has 0 saturated carbocycles. The van der Waals surface area contributed by atoms with E-state index in [9.17, 15) is 9.90 Å². The molecule has 1 aliphatic heterocycles. The molecule has 0 aromatic heterocycles. The summed E-state index contributed by atoms with van der Waals surface area (Å²) in [5.74, 6) is 0.359. The Morgan fingerprint density at radius 2 is 2.07 bits per heavy atom. The average Bonchev–Trinajstić information content (AvgIpc) is 2.20. The first kappa shape index (κ1) is 12.0. The number of nitrogens with one attached hydrogen (secondary N) is 1. The van der Waals surface area contributed by atoms with Crippen LogP contribution in [0.2, 0.25) is 0 Å². The van der Waals surface area contributed by atoms with Crippen LogP contribution in [0.1, 0.15) is 24.4 Å². The van der Waals surface area contributed by atoms with Crippen LogP contribution in [0.5, 0.6) is 5.75 Å². The minimum absolute atomic E-state index is 0. The minimum atomic E-state index is -0.315. The van der Waals surface area contributed by atoms with Crippen molar-refractivity contribution in [1.82, 2.24) is 5.32 Å². The van der Waals surface area contributed by atoms with Crippen molar-refractivity contribution in [3.8, 4) is 5.75 Å². The molecule has 4 heteroatoms. The van der Waals surface area contributed by atoms with Gasteiger partial charge in [0, 0.05) is 12.0 Å². The molecule has 2 rings (SSSR count). The highest BCUT2D eigenvalue weighted by Gasteiger charge is 2.24. The van der Waals surface area contributed by atoms with Crippen LogP contribution in [0.25, 0.3) is 0 Å². The van der Waals surface area contributed by atoms with E-state index in [0.29, 0.717) is 12.0 Å². The van der Waals surface area contributed by atoms with Gasteiger partial charge in [-0.05, 0) is 19.0 Å². The van der Waals surface area contributed by atoms with Crippen LogP contribution in [0.15, 0.2) is 24.3 Å². The van der Waals surface area contributed by atoms with Crippen LogP contribution >= 0.6 is 12.4 Å². The minimum Gasteiger partial charge on any atom is -0.508 e. The second kappa shape index (κ2) is 5.14. The lowest BCUT2D eigenvalue weighted by Crippen LogP contribution is -2.34. The van der Waals surface area contributed by atoms with Crippen molar-refractivity contribution in [2.75, 3.05) is 6.54 Å². The number of piperidine rings is 1. The van der Waals surface area contributed by atoms with Crippen LogP contribution in [0, 0.1) is 0 Å². The Kier molecular flexibility index (Phi) is 4.12. The lowest BCUT2D eigenvalue weighted by atomic mass is 9.95. The first-order chi connectivity index (χ1) is 6.79. The topological polar surface area (TPSA) is 49.3 Å². The van der Waals surface area contributed by atoms with Gasteiger partial charge >= 0.3 is 0 Å². The van der Waals surface area contributed by atoms with E-state index in [-0.39, 0.29) is 30.0 Å². The number of ketones is 1. The predicted molar refractivity (Wildman–Crippen MR) is 60.3 cm³/mol. The van der Waals surface area contributed by atoms with Gasteiger partial charge in [-0.2, -0.15) is 0 Å². The fraction of sp³-hybridized carbons (Fsp3) is 0.364. The molecule has 1 atom stereocenters. The van der Waals surface area contributed by atoms with E-state index >= 15 is 0 Å². The number of aromatic hydroxyl groups is 1. The summed E-state index contributed by atoms with van der Waals surface area (Å²) >= 11 is 0. The van der Waals surface area contributed by atoms with E-state index in [1.54, 1.807) is 18.2 Å². The fourth-order valence-corrected chi connectivity index (χ4v) is 1.78. The van der Waals surface area contributed by atoms with Gasteiger partial charge < -0.3 is 10.4 Å². The molecular formula is C11H14ClNO2. The van der Waals surface area contributed by atoms with Crippen LogP contribution in [0.4, 0.5) is 0 Å². The maximum absolute atomic E-state index is 11.6. The third-order valence-electron chi connectivity index (χ3n) is 2.52. The van der Waals surface area contributed by atoms with E-state index < -0.39 is 0 Å². The zero-order valence-electron chi connectivity index (χ0n) is 8.27. The van der Waals surface area contributed by atoms with E-state index in [4.69, 9.17) is 0 Å². The van der Waals surface area contributed by atoms with Gasteiger partial charge in [-0.3, -0.25) is 4.79 Å². The fourth-order valence-electron chi connectivity index (χ4n) is 1.78. The number of hydrogen-bond acceptors (Lipinski definition) is 3. The van der Waals surface area contributed by atoms with Gasteiger partial charge in [-0.1, -0.05) is 18.2 Å². The van der Waals surface area contributed by atoms with E-state index in [1.807, 2.05) is 6.07 Å². The molecule has 0 radical (unpaired) electrons. The van der Waals surface area contributed by atoms with Crippen LogP contribution in [-0.2, 0) is 4.79 Å². The zero-order chi connectivity index (χ0) is 9.97. The number of hydrogen-bond donors (Lipinski definition) is 2. The molecule has 1 saturated heterocycles.